The second-order valence-electron chi connectivity index (χ2n) is 8.14. The molecule has 3 nitrogen and oxygen atoms in total. The maximum Gasteiger partial charge on any atom is -0.00205 e. The summed E-state index contributed by atoms with van der Waals surface area (Å²) in [7, 11) is 0. The van der Waals surface area contributed by atoms with Crippen molar-refractivity contribution in [1.82, 2.24) is 10.6 Å². The molecule has 4 heteroatoms. The predicted molar refractivity (Wildman–Crippen MR) is 119 cm³/mol. The lowest BCUT2D eigenvalue weighted by Gasteiger charge is -2.18. The zero-order valence-electron chi connectivity index (χ0n) is 17.4. The Kier molecular flexibility index (Phi) is 21.6. The summed E-state index contributed by atoms with van der Waals surface area (Å²) in [6.45, 7) is 5.39. The number of hydrogen-bond donors (Lipinski definition) is 3. The smallest absolute Gasteiger partial charge is 0.00205 e. The topological polar surface area (TPSA) is 50.1 Å². The SMILES string of the molecule is Cl.NCCCNCCCNCC1CCCCCCCCCCCCCC1. The van der Waals surface area contributed by atoms with E-state index in [0.29, 0.717) is 0 Å². The third-order valence-electron chi connectivity index (χ3n) is 5.67. The van der Waals surface area contributed by atoms with Crippen LogP contribution in [0.1, 0.15) is 103 Å². The molecule has 1 aliphatic carbocycles. The molecule has 0 spiro atoms. The lowest BCUT2D eigenvalue weighted by molar-refractivity contribution is 0.381. The Bertz CT molecular complexity index is 248. The third kappa shape index (κ3) is 17.6. The van der Waals surface area contributed by atoms with Gasteiger partial charge in [-0.15, -0.1) is 12.4 Å². The zero-order chi connectivity index (χ0) is 17.8. The molecule has 0 aromatic rings. The quantitative estimate of drug-likeness (QED) is 0.461. The van der Waals surface area contributed by atoms with E-state index < -0.39 is 0 Å². The Morgan fingerprint density at radius 1 is 0.577 bits per heavy atom. The van der Waals surface area contributed by atoms with E-state index in [1.807, 2.05) is 0 Å². The summed E-state index contributed by atoms with van der Waals surface area (Å²) in [6, 6.07) is 0. The molecule has 0 aromatic heterocycles. The number of halogens is 1. The van der Waals surface area contributed by atoms with Gasteiger partial charge in [0.25, 0.3) is 0 Å². The highest BCUT2D eigenvalue weighted by Crippen LogP contribution is 2.20. The van der Waals surface area contributed by atoms with E-state index in [0.717, 1.165) is 38.5 Å². The van der Waals surface area contributed by atoms with Crippen molar-refractivity contribution in [2.75, 3.05) is 32.7 Å². The van der Waals surface area contributed by atoms with E-state index in [1.165, 1.54) is 103 Å². The standard InChI is InChI=1S/C22H47N3.ClH/c23-17-13-18-24-19-14-20-25-21-22-15-11-9-7-5-3-1-2-4-6-8-10-12-16-22;/h22,24-25H,1-21,23H2;1H. The molecule has 158 valence electrons. The molecule has 1 aliphatic rings. The second-order valence-corrected chi connectivity index (χ2v) is 8.14. The molecule has 0 aliphatic heterocycles. The Morgan fingerprint density at radius 3 is 1.50 bits per heavy atom. The summed E-state index contributed by atoms with van der Waals surface area (Å²) < 4.78 is 0. The molecule has 0 bridgehead atoms. The number of nitrogens with two attached hydrogens (primary N) is 1. The van der Waals surface area contributed by atoms with Crippen LogP contribution in [0.15, 0.2) is 0 Å². The van der Waals surface area contributed by atoms with Crippen LogP contribution in [0.3, 0.4) is 0 Å². The van der Waals surface area contributed by atoms with Crippen molar-refractivity contribution in [1.29, 1.82) is 0 Å². The largest absolute Gasteiger partial charge is 0.330 e. The van der Waals surface area contributed by atoms with Gasteiger partial charge in [0.15, 0.2) is 0 Å². The van der Waals surface area contributed by atoms with E-state index in [9.17, 15) is 0 Å². The number of hydrogen-bond acceptors (Lipinski definition) is 3. The van der Waals surface area contributed by atoms with Crippen LogP contribution in [0.2, 0.25) is 0 Å². The van der Waals surface area contributed by atoms with Crippen LogP contribution >= 0.6 is 12.4 Å². The predicted octanol–water partition coefficient (Wildman–Crippen LogP) is 5.42. The molecule has 0 radical (unpaired) electrons. The van der Waals surface area contributed by atoms with Gasteiger partial charge < -0.3 is 16.4 Å². The van der Waals surface area contributed by atoms with Crippen LogP contribution in [0.25, 0.3) is 0 Å². The lowest BCUT2D eigenvalue weighted by atomic mass is 9.94. The molecule has 4 N–H and O–H groups in total. The first kappa shape index (κ1) is 26.2. The fourth-order valence-electron chi connectivity index (χ4n) is 3.98. The Hall–Kier alpha value is 0.170. The molecule has 0 amide bonds. The normalized spacial score (nSPS) is 19.3. The Balaban J connectivity index is 0.00000625. The summed E-state index contributed by atoms with van der Waals surface area (Å²) in [5.41, 5.74) is 5.51. The van der Waals surface area contributed by atoms with Gasteiger partial charge in [-0.05, 0) is 64.3 Å². The molecule has 1 fully saturated rings. The highest BCUT2D eigenvalue weighted by Gasteiger charge is 2.08. The average molecular weight is 390 g/mol. The van der Waals surface area contributed by atoms with E-state index in [4.69, 9.17) is 5.73 Å². The maximum atomic E-state index is 5.51. The zero-order valence-corrected chi connectivity index (χ0v) is 18.2. The van der Waals surface area contributed by atoms with Crippen LogP contribution in [0.4, 0.5) is 0 Å². The molecule has 26 heavy (non-hydrogen) atoms. The molecule has 0 atom stereocenters. The van der Waals surface area contributed by atoms with E-state index in [1.54, 1.807) is 0 Å². The molecule has 0 saturated heterocycles. The minimum absolute atomic E-state index is 0. The van der Waals surface area contributed by atoms with Gasteiger partial charge in [-0.25, -0.2) is 0 Å². The monoisotopic (exact) mass is 389 g/mol. The van der Waals surface area contributed by atoms with Gasteiger partial charge in [0.1, 0.15) is 0 Å². The van der Waals surface area contributed by atoms with Crippen molar-refractivity contribution in [3.63, 3.8) is 0 Å². The lowest BCUT2D eigenvalue weighted by Crippen LogP contribution is -2.27. The minimum atomic E-state index is 0. The van der Waals surface area contributed by atoms with E-state index in [2.05, 4.69) is 10.6 Å². The van der Waals surface area contributed by atoms with Crippen molar-refractivity contribution in [2.45, 2.75) is 103 Å². The van der Waals surface area contributed by atoms with Crippen molar-refractivity contribution < 1.29 is 0 Å². The van der Waals surface area contributed by atoms with Crippen LogP contribution in [-0.2, 0) is 0 Å². The minimum Gasteiger partial charge on any atom is -0.330 e. The summed E-state index contributed by atoms with van der Waals surface area (Å²) in [5.74, 6) is 0.912. The highest BCUT2D eigenvalue weighted by molar-refractivity contribution is 5.85. The van der Waals surface area contributed by atoms with Gasteiger partial charge in [0.05, 0.1) is 0 Å². The van der Waals surface area contributed by atoms with Gasteiger partial charge in [-0.3, -0.25) is 0 Å². The first-order chi connectivity index (χ1) is 12.4. The van der Waals surface area contributed by atoms with Crippen LogP contribution in [0, 0.1) is 5.92 Å². The van der Waals surface area contributed by atoms with Gasteiger partial charge >= 0.3 is 0 Å². The summed E-state index contributed by atoms with van der Waals surface area (Å²) in [5, 5.41) is 7.19. The maximum absolute atomic E-state index is 5.51. The highest BCUT2D eigenvalue weighted by atomic mass is 35.5. The van der Waals surface area contributed by atoms with Crippen molar-refractivity contribution in [3.05, 3.63) is 0 Å². The fourth-order valence-corrected chi connectivity index (χ4v) is 3.98. The van der Waals surface area contributed by atoms with Crippen LogP contribution in [-0.4, -0.2) is 32.7 Å². The average Bonchev–Trinajstić information content (AvgIpc) is 2.63. The Morgan fingerprint density at radius 2 is 1.00 bits per heavy atom. The summed E-state index contributed by atoms with van der Waals surface area (Å²) in [4.78, 5) is 0. The first-order valence-corrected chi connectivity index (χ1v) is 11.5. The van der Waals surface area contributed by atoms with Crippen LogP contribution < -0.4 is 16.4 Å². The van der Waals surface area contributed by atoms with E-state index in [-0.39, 0.29) is 12.4 Å². The molecular formula is C22H48ClN3. The molecule has 1 saturated carbocycles. The van der Waals surface area contributed by atoms with Crippen molar-refractivity contribution >= 4 is 12.4 Å². The van der Waals surface area contributed by atoms with Gasteiger partial charge in [-0.2, -0.15) is 0 Å². The summed E-state index contributed by atoms with van der Waals surface area (Å²) >= 11 is 0. The molecule has 0 unspecified atom stereocenters. The number of rotatable bonds is 9. The summed E-state index contributed by atoms with van der Waals surface area (Å²) in [6.07, 6.45) is 22.8. The number of nitrogens with one attached hydrogen (secondary N) is 2. The van der Waals surface area contributed by atoms with Gasteiger partial charge in [0, 0.05) is 0 Å². The first-order valence-electron chi connectivity index (χ1n) is 11.5. The second kappa shape index (κ2) is 21.5. The van der Waals surface area contributed by atoms with Gasteiger partial charge in [0.2, 0.25) is 0 Å². The van der Waals surface area contributed by atoms with E-state index >= 15 is 0 Å². The fraction of sp³-hybridized carbons (Fsp3) is 1.00. The molecular weight excluding hydrogens is 342 g/mol. The molecule has 0 aromatic carbocycles. The molecule has 0 heterocycles. The molecule has 1 rings (SSSR count). The van der Waals surface area contributed by atoms with Gasteiger partial charge in [-0.1, -0.05) is 77.0 Å². The van der Waals surface area contributed by atoms with Crippen LogP contribution in [0.5, 0.6) is 0 Å². The Labute approximate surface area is 170 Å². The van der Waals surface area contributed by atoms with Crippen molar-refractivity contribution in [3.8, 4) is 0 Å². The van der Waals surface area contributed by atoms with Crippen molar-refractivity contribution in [2.24, 2.45) is 11.7 Å². The third-order valence-corrected chi connectivity index (χ3v) is 5.67.